The second-order valence-electron chi connectivity index (χ2n) is 4.70. The summed E-state index contributed by atoms with van der Waals surface area (Å²) in [6.07, 6.45) is 1.35. The Bertz CT molecular complexity index is 521. The maximum absolute atomic E-state index is 2.35. The summed E-state index contributed by atoms with van der Waals surface area (Å²) < 4.78 is 2.35. The van der Waals surface area contributed by atoms with Gasteiger partial charge in [-0.2, -0.15) is 4.57 Å². The molecular formula is C13H15BN+. The average Bonchev–Trinajstić information content (AvgIpc) is 2.96. The Morgan fingerprint density at radius 1 is 1.20 bits per heavy atom. The van der Waals surface area contributed by atoms with Crippen molar-refractivity contribution in [2.45, 2.75) is 19.0 Å². The number of aromatic nitrogens is 1. The van der Waals surface area contributed by atoms with Crippen molar-refractivity contribution in [2.24, 2.45) is 7.05 Å². The zero-order valence-electron chi connectivity index (χ0n) is 9.27. The number of fused-ring (bicyclic) bond motifs is 1. The van der Waals surface area contributed by atoms with Crippen LogP contribution >= 0.6 is 0 Å². The number of benzene rings is 1. The van der Waals surface area contributed by atoms with Crippen molar-refractivity contribution < 1.29 is 4.57 Å². The number of aryl methyl sites for hydroxylation is 1. The lowest BCUT2D eigenvalue weighted by molar-refractivity contribution is -0.652. The molecule has 2 heterocycles. The summed E-state index contributed by atoms with van der Waals surface area (Å²) in [7, 11) is 2.18. The van der Waals surface area contributed by atoms with Gasteiger partial charge < -0.3 is 0 Å². The number of nitrogens with zero attached hydrogens (tertiary/aromatic N) is 1. The molecule has 1 unspecified atom stereocenters. The second kappa shape index (κ2) is 3.09. The third-order valence-electron chi connectivity index (χ3n) is 3.61. The molecule has 1 aliphatic rings. The molecule has 0 radical (unpaired) electrons. The first-order valence-electron chi connectivity index (χ1n) is 5.65. The van der Waals surface area contributed by atoms with Gasteiger partial charge >= 0.3 is 0 Å². The molecule has 0 spiro atoms. The van der Waals surface area contributed by atoms with E-state index in [2.05, 4.69) is 54.8 Å². The summed E-state index contributed by atoms with van der Waals surface area (Å²) in [5.74, 6) is 0.791. The average molecular weight is 196 g/mol. The van der Waals surface area contributed by atoms with Gasteiger partial charge in [0.15, 0.2) is 12.4 Å². The first-order valence-corrected chi connectivity index (χ1v) is 5.65. The van der Waals surface area contributed by atoms with Crippen LogP contribution in [0.4, 0.5) is 0 Å². The minimum Gasteiger partial charge on any atom is -0.199 e. The maximum atomic E-state index is 2.35. The van der Waals surface area contributed by atoms with Gasteiger partial charge in [0, 0.05) is 23.3 Å². The van der Waals surface area contributed by atoms with Crippen LogP contribution < -0.4 is 4.57 Å². The van der Waals surface area contributed by atoms with E-state index in [9.17, 15) is 0 Å². The van der Waals surface area contributed by atoms with Gasteiger partial charge in [-0.05, 0) is 12.1 Å². The molecule has 1 aliphatic heterocycles. The van der Waals surface area contributed by atoms with Crippen molar-refractivity contribution in [2.75, 3.05) is 0 Å². The summed E-state index contributed by atoms with van der Waals surface area (Å²) in [6, 6.07) is 13.1. The van der Waals surface area contributed by atoms with Gasteiger partial charge in [-0.3, -0.25) is 0 Å². The van der Waals surface area contributed by atoms with Crippen LogP contribution in [0.1, 0.15) is 11.5 Å². The van der Waals surface area contributed by atoms with Gasteiger partial charge in [-0.25, -0.2) is 0 Å². The molecule has 0 aliphatic carbocycles. The van der Waals surface area contributed by atoms with Crippen LogP contribution in [0.25, 0.3) is 10.9 Å². The zero-order chi connectivity index (χ0) is 10.4. The molecule has 0 saturated carbocycles. The van der Waals surface area contributed by atoms with E-state index in [1.165, 1.54) is 22.9 Å². The summed E-state index contributed by atoms with van der Waals surface area (Å²) in [6.45, 7) is 3.21. The Morgan fingerprint density at radius 3 is 2.67 bits per heavy atom. The number of pyridine rings is 1. The smallest absolute Gasteiger partial charge is 0.199 e. The minimum absolute atomic E-state index is 0.791. The Kier molecular flexibility index (Phi) is 1.85. The molecule has 0 N–H and O–H groups in total. The molecule has 15 heavy (non-hydrogen) atoms. The van der Waals surface area contributed by atoms with E-state index in [1.54, 1.807) is 0 Å². The molecule has 1 fully saturated rings. The Balaban J connectivity index is 2.21. The lowest BCUT2D eigenvalue weighted by atomic mass is 9.70. The SMILES string of the molecule is CB1CC1c1ccc2ccccc2[n+]1C. The van der Waals surface area contributed by atoms with Gasteiger partial charge in [-0.1, -0.05) is 25.3 Å². The van der Waals surface area contributed by atoms with Crippen LogP contribution in [-0.4, -0.2) is 6.71 Å². The van der Waals surface area contributed by atoms with Gasteiger partial charge in [0.2, 0.25) is 5.52 Å². The summed E-state index contributed by atoms with van der Waals surface area (Å²) in [5, 5.41) is 1.33. The van der Waals surface area contributed by atoms with Crippen LogP contribution in [0.15, 0.2) is 36.4 Å². The monoisotopic (exact) mass is 196 g/mol. The molecule has 3 rings (SSSR count). The molecule has 1 aromatic carbocycles. The van der Waals surface area contributed by atoms with E-state index in [0.717, 1.165) is 12.5 Å². The van der Waals surface area contributed by atoms with E-state index in [1.807, 2.05) is 0 Å². The predicted molar refractivity (Wildman–Crippen MR) is 64.3 cm³/mol. The van der Waals surface area contributed by atoms with Crippen LogP contribution in [-0.2, 0) is 7.05 Å². The van der Waals surface area contributed by atoms with Gasteiger partial charge in [-0.15, -0.1) is 0 Å². The fraction of sp³-hybridized carbons (Fsp3) is 0.308. The molecule has 0 amide bonds. The van der Waals surface area contributed by atoms with Crippen LogP contribution in [0.3, 0.4) is 0 Å². The first-order chi connectivity index (χ1) is 7.27. The minimum atomic E-state index is 0.791. The third kappa shape index (κ3) is 1.36. The summed E-state index contributed by atoms with van der Waals surface area (Å²) in [4.78, 5) is 0. The van der Waals surface area contributed by atoms with E-state index in [4.69, 9.17) is 0 Å². The molecule has 1 nitrogen and oxygen atoms in total. The molecule has 1 atom stereocenters. The number of para-hydroxylation sites is 1. The Morgan fingerprint density at radius 2 is 1.93 bits per heavy atom. The highest BCUT2D eigenvalue weighted by molar-refractivity contribution is 6.70. The summed E-state index contributed by atoms with van der Waals surface area (Å²) in [5.41, 5.74) is 2.83. The molecule has 2 aromatic rings. The molecular weight excluding hydrogens is 181 g/mol. The van der Waals surface area contributed by atoms with Crippen molar-refractivity contribution in [1.29, 1.82) is 0 Å². The molecule has 2 heteroatoms. The highest BCUT2D eigenvalue weighted by Gasteiger charge is 2.42. The predicted octanol–water partition coefficient (Wildman–Crippen LogP) is 2.43. The summed E-state index contributed by atoms with van der Waals surface area (Å²) >= 11 is 0. The van der Waals surface area contributed by atoms with Gasteiger partial charge in [0.1, 0.15) is 7.05 Å². The van der Waals surface area contributed by atoms with Crippen LogP contribution in [0, 0.1) is 0 Å². The number of hydrogen-bond donors (Lipinski definition) is 0. The van der Waals surface area contributed by atoms with Gasteiger partial charge in [0.05, 0.1) is 0 Å². The molecule has 1 saturated heterocycles. The molecule has 1 aromatic heterocycles. The van der Waals surface area contributed by atoms with Crippen LogP contribution in [0.2, 0.25) is 13.1 Å². The van der Waals surface area contributed by atoms with Crippen molar-refractivity contribution >= 4 is 17.6 Å². The quantitative estimate of drug-likeness (QED) is 0.487. The zero-order valence-corrected chi connectivity index (χ0v) is 9.27. The number of hydrogen-bond acceptors (Lipinski definition) is 0. The van der Waals surface area contributed by atoms with Crippen molar-refractivity contribution in [1.82, 2.24) is 0 Å². The Hall–Kier alpha value is -1.31. The maximum Gasteiger partial charge on any atom is 0.212 e. The van der Waals surface area contributed by atoms with E-state index in [-0.39, 0.29) is 0 Å². The van der Waals surface area contributed by atoms with Crippen molar-refractivity contribution in [3.8, 4) is 0 Å². The first kappa shape index (κ1) is 8.96. The lowest BCUT2D eigenvalue weighted by Gasteiger charge is -2.02. The van der Waals surface area contributed by atoms with Crippen molar-refractivity contribution in [3.63, 3.8) is 0 Å². The van der Waals surface area contributed by atoms with E-state index >= 15 is 0 Å². The lowest BCUT2D eigenvalue weighted by Crippen LogP contribution is -2.34. The third-order valence-corrected chi connectivity index (χ3v) is 3.61. The highest BCUT2D eigenvalue weighted by atomic mass is 14.9. The fourth-order valence-electron chi connectivity index (χ4n) is 2.47. The topological polar surface area (TPSA) is 3.88 Å². The fourth-order valence-corrected chi connectivity index (χ4v) is 2.47. The second-order valence-corrected chi connectivity index (χ2v) is 4.70. The Labute approximate surface area is 90.8 Å². The van der Waals surface area contributed by atoms with Crippen molar-refractivity contribution in [3.05, 3.63) is 42.1 Å². The molecule has 0 bridgehead atoms. The number of rotatable bonds is 1. The van der Waals surface area contributed by atoms with E-state index < -0.39 is 0 Å². The van der Waals surface area contributed by atoms with E-state index in [0.29, 0.717) is 0 Å². The largest absolute Gasteiger partial charge is 0.212 e. The normalized spacial score (nSPS) is 19.6. The molecule has 74 valence electrons. The highest BCUT2D eigenvalue weighted by Crippen LogP contribution is 2.38. The van der Waals surface area contributed by atoms with Crippen LogP contribution in [0.5, 0.6) is 0 Å². The van der Waals surface area contributed by atoms with Gasteiger partial charge in [0.25, 0.3) is 0 Å². The standard InChI is InChI=1S/C13H15BN/c1-14-9-11(14)13-8-7-10-5-3-4-6-12(10)15(13)2/h3-8,11H,9H2,1-2H3/q+1.